The Balaban J connectivity index is 1.64. The fourth-order valence-electron chi connectivity index (χ4n) is 3.74. The molecule has 1 aliphatic carbocycles. The highest BCUT2D eigenvalue weighted by atomic mass is 16.5. The molecule has 1 aromatic rings. The van der Waals surface area contributed by atoms with Crippen LogP contribution < -0.4 is 5.32 Å². The molecule has 0 spiro atoms. The number of likely N-dealkylation sites (tertiary alicyclic amines) is 1. The van der Waals surface area contributed by atoms with E-state index in [1.54, 1.807) is 6.92 Å². The van der Waals surface area contributed by atoms with E-state index in [4.69, 9.17) is 9.26 Å². The molecule has 2 fully saturated rings. The number of carbonyl (C=O) groups excluding carboxylic acids is 2. The van der Waals surface area contributed by atoms with Crippen LogP contribution in [0.5, 0.6) is 0 Å². The molecule has 2 aliphatic rings. The third kappa shape index (κ3) is 3.29. The zero-order valence-electron chi connectivity index (χ0n) is 15.5. The van der Waals surface area contributed by atoms with Crippen molar-refractivity contribution in [3.05, 3.63) is 17.5 Å². The number of nitrogens with zero attached hydrogens (tertiary/aromatic N) is 2. The third-order valence-corrected chi connectivity index (χ3v) is 5.50. The summed E-state index contributed by atoms with van der Waals surface area (Å²) in [5.74, 6) is 0.143. The van der Waals surface area contributed by atoms with Gasteiger partial charge >= 0.3 is 0 Å². The maximum atomic E-state index is 12.8. The normalized spacial score (nSPS) is 30.4. The summed E-state index contributed by atoms with van der Waals surface area (Å²) in [6.45, 7) is 11.6. The van der Waals surface area contributed by atoms with Crippen LogP contribution in [0.1, 0.15) is 43.7 Å². The molecule has 7 heteroatoms. The van der Waals surface area contributed by atoms with Gasteiger partial charge in [-0.3, -0.25) is 9.59 Å². The van der Waals surface area contributed by atoms with Gasteiger partial charge in [-0.25, -0.2) is 0 Å². The van der Waals surface area contributed by atoms with Crippen LogP contribution in [0, 0.1) is 24.2 Å². The summed E-state index contributed by atoms with van der Waals surface area (Å²) in [6, 6.07) is -0.113. The number of hydrogen-bond donors (Lipinski definition) is 1. The lowest BCUT2D eigenvalue weighted by molar-refractivity contribution is -0.133. The average Bonchev–Trinajstić information content (AvgIpc) is 2.86. The number of hydrogen-bond acceptors (Lipinski definition) is 5. The second kappa shape index (κ2) is 6.44. The van der Waals surface area contributed by atoms with Crippen molar-refractivity contribution < 1.29 is 18.8 Å². The molecule has 1 N–H and O–H groups in total. The Hall–Kier alpha value is -1.89. The van der Waals surface area contributed by atoms with Gasteiger partial charge in [-0.2, -0.15) is 0 Å². The molecular weight excluding hydrogens is 322 g/mol. The van der Waals surface area contributed by atoms with Gasteiger partial charge in [0.05, 0.1) is 23.8 Å². The summed E-state index contributed by atoms with van der Waals surface area (Å²) < 4.78 is 10.5. The standard InChI is InChI=1S/C18H27N3O4/c1-6-24-15-10(2)14(15)17(23)21-7-13(18(4,5)9-21)19-16(22)12-8-25-20-11(12)3/h8,10,13-15H,6-7,9H2,1-5H3,(H,19,22). The summed E-state index contributed by atoms with van der Waals surface area (Å²) >= 11 is 0. The van der Waals surface area contributed by atoms with Gasteiger partial charge in [-0.05, 0) is 19.8 Å². The molecule has 7 nitrogen and oxygen atoms in total. The predicted molar refractivity (Wildman–Crippen MR) is 90.9 cm³/mol. The van der Waals surface area contributed by atoms with E-state index in [2.05, 4.69) is 31.2 Å². The monoisotopic (exact) mass is 349 g/mol. The highest BCUT2D eigenvalue weighted by Gasteiger charge is 2.56. The fourth-order valence-corrected chi connectivity index (χ4v) is 3.74. The zero-order valence-corrected chi connectivity index (χ0v) is 15.5. The number of aromatic nitrogens is 1. The van der Waals surface area contributed by atoms with Crippen molar-refractivity contribution in [3.8, 4) is 0 Å². The van der Waals surface area contributed by atoms with Gasteiger partial charge in [0.15, 0.2) is 0 Å². The Labute approximate surface area is 148 Å². The van der Waals surface area contributed by atoms with Crippen LogP contribution in [0.15, 0.2) is 10.8 Å². The van der Waals surface area contributed by atoms with Crippen molar-refractivity contribution in [1.82, 2.24) is 15.4 Å². The molecule has 4 unspecified atom stereocenters. The second-order valence-electron chi connectivity index (χ2n) is 7.85. The van der Waals surface area contributed by atoms with Crippen molar-refractivity contribution in [2.24, 2.45) is 17.3 Å². The van der Waals surface area contributed by atoms with Gasteiger partial charge in [0, 0.05) is 25.1 Å². The van der Waals surface area contributed by atoms with Crippen LogP contribution >= 0.6 is 0 Å². The van der Waals surface area contributed by atoms with Gasteiger partial charge in [0.2, 0.25) is 5.91 Å². The van der Waals surface area contributed by atoms with Crippen LogP contribution in [0.2, 0.25) is 0 Å². The first kappa shape index (κ1) is 17.9. The molecule has 0 radical (unpaired) electrons. The number of rotatable bonds is 5. The minimum Gasteiger partial charge on any atom is -0.377 e. The quantitative estimate of drug-likeness (QED) is 0.873. The van der Waals surface area contributed by atoms with Crippen LogP contribution in [-0.4, -0.2) is 53.7 Å². The molecule has 2 amide bonds. The largest absolute Gasteiger partial charge is 0.377 e. The highest BCUT2D eigenvalue weighted by Crippen LogP contribution is 2.44. The van der Waals surface area contributed by atoms with E-state index in [1.165, 1.54) is 6.26 Å². The molecule has 3 rings (SSSR count). The summed E-state index contributed by atoms with van der Waals surface area (Å²) in [4.78, 5) is 27.1. The maximum absolute atomic E-state index is 12.8. The van der Waals surface area contributed by atoms with E-state index in [0.29, 0.717) is 31.0 Å². The van der Waals surface area contributed by atoms with E-state index in [9.17, 15) is 9.59 Å². The fraction of sp³-hybridized carbons (Fsp3) is 0.722. The number of carbonyl (C=O) groups is 2. The lowest BCUT2D eigenvalue weighted by Gasteiger charge is -2.25. The van der Waals surface area contributed by atoms with Crippen LogP contribution in [0.25, 0.3) is 0 Å². The van der Waals surface area contributed by atoms with Gasteiger partial charge in [-0.1, -0.05) is 25.9 Å². The SMILES string of the molecule is CCOC1C(C)C1C(=O)N1CC(NC(=O)c2conc2C)C(C)(C)C1. The lowest BCUT2D eigenvalue weighted by Crippen LogP contribution is -2.44. The van der Waals surface area contributed by atoms with E-state index in [0.717, 1.165) is 0 Å². The summed E-state index contributed by atoms with van der Waals surface area (Å²) in [7, 11) is 0. The molecule has 2 heterocycles. The first-order valence-electron chi connectivity index (χ1n) is 8.88. The molecule has 1 aromatic heterocycles. The average molecular weight is 349 g/mol. The van der Waals surface area contributed by atoms with Crippen molar-refractivity contribution in [2.75, 3.05) is 19.7 Å². The van der Waals surface area contributed by atoms with Crippen LogP contribution in [-0.2, 0) is 9.53 Å². The van der Waals surface area contributed by atoms with Crippen molar-refractivity contribution >= 4 is 11.8 Å². The minimum atomic E-state index is -0.210. The molecule has 138 valence electrons. The van der Waals surface area contributed by atoms with Gasteiger partial charge < -0.3 is 19.5 Å². The van der Waals surface area contributed by atoms with E-state index in [1.807, 2.05) is 11.8 Å². The van der Waals surface area contributed by atoms with Crippen LogP contribution in [0.3, 0.4) is 0 Å². The summed E-state index contributed by atoms with van der Waals surface area (Å²) in [5.41, 5.74) is 0.802. The predicted octanol–water partition coefficient (Wildman–Crippen LogP) is 1.62. The van der Waals surface area contributed by atoms with Gasteiger partial charge in [0.1, 0.15) is 11.8 Å². The number of amides is 2. The molecule has 0 aromatic carbocycles. The topological polar surface area (TPSA) is 84.7 Å². The lowest BCUT2D eigenvalue weighted by atomic mass is 9.87. The first-order valence-corrected chi connectivity index (χ1v) is 8.88. The van der Waals surface area contributed by atoms with Crippen molar-refractivity contribution in [3.63, 3.8) is 0 Å². The van der Waals surface area contributed by atoms with E-state index < -0.39 is 0 Å². The first-order chi connectivity index (χ1) is 11.8. The van der Waals surface area contributed by atoms with Gasteiger partial charge in [-0.15, -0.1) is 0 Å². The smallest absolute Gasteiger partial charge is 0.256 e. The Morgan fingerprint density at radius 2 is 2.20 bits per heavy atom. The molecular formula is C18H27N3O4. The summed E-state index contributed by atoms with van der Waals surface area (Å²) in [6.07, 6.45) is 1.39. The molecule has 1 saturated heterocycles. The minimum absolute atomic E-state index is 0.0360. The Morgan fingerprint density at radius 3 is 2.80 bits per heavy atom. The second-order valence-corrected chi connectivity index (χ2v) is 7.85. The van der Waals surface area contributed by atoms with E-state index >= 15 is 0 Å². The number of nitrogens with one attached hydrogen (secondary N) is 1. The molecule has 25 heavy (non-hydrogen) atoms. The Morgan fingerprint density at radius 1 is 1.48 bits per heavy atom. The highest BCUT2D eigenvalue weighted by molar-refractivity contribution is 5.95. The summed E-state index contributed by atoms with van der Waals surface area (Å²) in [5, 5.41) is 6.78. The molecule has 1 aliphatic heterocycles. The number of ether oxygens (including phenoxy) is 1. The number of aryl methyl sites for hydroxylation is 1. The van der Waals surface area contributed by atoms with Gasteiger partial charge in [0.25, 0.3) is 5.91 Å². The Bertz CT molecular complexity index is 669. The van der Waals surface area contributed by atoms with Crippen molar-refractivity contribution in [2.45, 2.75) is 46.8 Å². The van der Waals surface area contributed by atoms with Crippen molar-refractivity contribution in [1.29, 1.82) is 0 Å². The van der Waals surface area contributed by atoms with E-state index in [-0.39, 0.29) is 41.2 Å². The third-order valence-electron chi connectivity index (χ3n) is 5.50. The zero-order chi connectivity index (χ0) is 18.4. The molecule has 4 atom stereocenters. The van der Waals surface area contributed by atoms with Crippen LogP contribution in [0.4, 0.5) is 0 Å². The molecule has 1 saturated carbocycles. The maximum Gasteiger partial charge on any atom is 0.256 e. The Kier molecular flexibility index (Phi) is 4.62. The molecule has 0 bridgehead atoms.